The number of fused-ring (bicyclic) bond motifs is 1. The van der Waals surface area contributed by atoms with Gasteiger partial charge in [-0.25, -0.2) is 4.39 Å². The molecule has 0 saturated carbocycles. The van der Waals surface area contributed by atoms with Crippen LogP contribution in [0.3, 0.4) is 0 Å². The SMILES string of the molecule is Cl.O=C(c1ccc([N+](=O)[O-])cc1F)N1CCC2CNCC2C1. The Balaban J connectivity index is 0.00000176. The van der Waals surface area contributed by atoms with Gasteiger partial charge in [0, 0.05) is 19.2 Å². The van der Waals surface area contributed by atoms with Crippen molar-refractivity contribution in [3.8, 4) is 0 Å². The van der Waals surface area contributed by atoms with Gasteiger partial charge in [-0.2, -0.15) is 0 Å². The van der Waals surface area contributed by atoms with Crippen LogP contribution in [0.15, 0.2) is 18.2 Å². The maximum absolute atomic E-state index is 13.9. The molecule has 0 aliphatic carbocycles. The van der Waals surface area contributed by atoms with Crippen LogP contribution in [0, 0.1) is 27.8 Å². The Hall–Kier alpha value is -1.73. The largest absolute Gasteiger partial charge is 0.338 e. The molecule has 2 heterocycles. The third kappa shape index (κ3) is 3.05. The molecule has 0 bridgehead atoms. The van der Waals surface area contributed by atoms with Crippen molar-refractivity contribution in [2.24, 2.45) is 11.8 Å². The standard InChI is InChI=1S/C14H16FN3O3.ClH/c15-13-5-11(18(20)21)1-2-12(13)14(19)17-4-3-9-6-16-7-10(9)8-17;/h1-2,5,9-10,16H,3-4,6-8H2;1H. The van der Waals surface area contributed by atoms with E-state index in [1.807, 2.05) is 0 Å². The summed E-state index contributed by atoms with van der Waals surface area (Å²) in [5, 5.41) is 13.9. The van der Waals surface area contributed by atoms with Crippen LogP contribution >= 0.6 is 12.4 Å². The fourth-order valence-corrected chi connectivity index (χ4v) is 3.18. The second kappa shape index (κ2) is 6.58. The number of nitro groups is 1. The molecule has 1 aromatic rings. The summed E-state index contributed by atoms with van der Waals surface area (Å²) >= 11 is 0. The van der Waals surface area contributed by atoms with E-state index in [4.69, 9.17) is 0 Å². The van der Waals surface area contributed by atoms with Crippen molar-refractivity contribution < 1.29 is 14.1 Å². The van der Waals surface area contributed by atoms with Crippen LogP contribution < -0.4 is 5.32 Å². The van der Waals surface area contributed by atoms with E-state index in [9.17, 15) is 19.3 Å². The molecule has 1 amide bonds. The molecule has 6 nitrogen and oxygen atoms in total. The number of hydrogen-bond acceptors (Lipinski definition) is 4. The van der Waals surface area contributed by atoms with Crippen LogP contribution in [0.2, 0.25) is 0 Å². The number of nitrogens with zero attached hydrogens (tertiary/aromatic N) is 2. The number of piperidine rings is 1. The van der Waals surface area contributed by atoms with E-state index in [0.29, 0.717) is 24.9 Å². The van der Waals surface area contributed by atoms with Crippen LogP contribution in [0.1, 0.15) is 16.8 Å². The van der Waals surface area contributed by atoms with Gasteiger partial charge in [0.1, 0.15) is 5.82 Å². The quantitative estimate of drug-likeness (QED) is 0.663. The minimum Gasteiger partial charge on any atom is -0.338 e. The molecule has 2 aliphatic rings. The van der Waals surface area contributed by atoms with Gasteiger partial charge >= 0.3 is 0 Å². The minimum atomic E-state index is -0.833. The van der Waals surface area contributed by atoms with Crippen LogP contribution in [0.25, 0.3) is 0 Å². The average molecular weight is 330 g/mol. The maximum atomic E-state index is 13.9. The lowest BCUT2D eigenvalue weighted by Crippen LogP contribution is -2.43. The second-order valence-electron chi connectivity index (χ2n) is 5.64. The first-order valence-corrected chi connectivity index (χ1v) is 7.00. The highest BCUT2D eigenvalue weighted by atomic mass is 35.5. The van der Waals surface area contributed by atoms with Crippen molar-refractivity contribution in [1.82, 2.24) is 10.2 Å². The Labute approximate surface area is 133 Å². The average Bonchev–Trinajstić information content (AvgIpc) is 2.93. The zero-order chi connectivity index (χ0) is 15.0. The van der Waals surface area contributed by atoms with E-state index < -0.39 is 10.7 Å². The van der Waals surface area contributed by atoms with Crippen molar-refractivity contribution in [3.63, 3.8) is 0 Å². The Morgan fingerprint density at radius 2 is 2.09 bits per heavy atom. The molecule has 2 aliphatic heterocycles. The van der Waals surface area contributed by atoms with E-state index in [-0.39, 0.29) is 29.6 Å². The summed E-state index contributed by atoms with van der Waals surface area (Å²) in [6.07, 6.45) is 0.915. The number of amides is 1. The fraction of sp³-hybridized carbons (Fsp3) is 0.500. The van der Waals surface area contributed by atoms with E-state index in [1.54, 1.807) is 4.90 Å². The Kier molecular flexibility index (Phi) is 4.97. The van der Waals surface area contributed by atoms with Crippen LogP contribution in [0.5, 0.6) is 0 Å². The van der Waals surface area contributed by atoms with E-state index in [2.05, 4.69) is 5.32 Å². The highest BCUT2D eigenvalue weighted by molar-refractivity contribution is 5.94. The third-order valence-electron chi connectivity index (χ3n) is 4.39. The number of carbonyl (C=O) groups is 1. The van der Waals surface area contributed by atoms with Gasteiger partial charge < -0.3 is 10.2 Å². The van der Waals surface area contributed by atoms with E-state index in [0.717, 1.165) is 25.6 Å². The van der Waals surface area contributed by atoms with Gasteiger partial charge in [0.2, 0.25) is 0 Å². The predicted molar refractivity (Wildman–Crippen MR) is 80.7 cm³/mol. The number of nitro benzene ring substituents is 1. The smallest absolute Gasteiger partial charge is 0.272 e. The lowest BCUT2D eigenvalue weighted by atomic mass is 9.88. The van der Waals surface area contributed by atoms with E-state index in [1.165, 1.54) is 12.1 Å². The zero-order valence-corrected chi connectivity index (χ0v) is 12.6. The molecule has 22 heavy (non-hydrogen) atoms. The number of likely N-dealkylation sites (tertiary alicyclic amines) is 1. The summed E-state index contributed by atoms with van der Waals surface area (Å²) in [6, 6.07) is 3.17. The molecule has 1 N–H and O–H groups in total. The van der Waals surface area contributed by atoms with Gasteiger partial charge in [-0.1, -0.05) is 0 Å². The summed E-state index contributed by atoms with van der Waals surface area (Å²) in [7, 11) is 0. The lowest BCUT2D eigenvalue weighted by molar-refractivity contribution is -0.385. The molecule has 2 unspecified atom stereocenters. The van der Waals surface area contributed by atoms with Gasteiger partial charge in [-0.05, 0) is 37.4 Å². The van der Waals surface area contributed by atoms with Crippen molar-refractivity contribution in [1.29, 1.82) is 0 Å². The van der Waals surface area contributed by atoms with Gasteiger partial charge in [-0.15, -0.1) is 12.4 Å². The number of carbonyl (C=O) groups excluding carboxylic acids is 1. The first kappa shape index (κ1) is 16.6. The molecular weight excluding hydrogens is 313 g/mol. The molecule has 0 aromatic heterocycles. The van der Waals surface area contributed by atoms with Crippen molar-refractivity contribution in [3.05, 3.63) is 39.7 Å². The normalized spacial score (nSPS) is 23.6. The lowest BCUT2D eigenvalue weighted by Gasteiger charge is -2.34. The first-order valence-electron chi connectivity index (χ1n) is 7.00. The number of hydrogen-bond donors (Lipinski definition) is 1. The number of nitrogens with one attached hydrogen (secondary N) is 1. The number of halogens is 2. The van der Waals surface area contributed by atoms with Crippen molar-refractivity contribution >= 4 is 24.0 Å². The molecule has 8 heteroatoms. The maximum Gasteiger partial charge on any atom is 0.272 e. The zero-order valence-electron chi connectivity index (χ0n) is 11.8. The first-order chi connectivity index (χ1) is 10.1. The van der Waals surface area contributed by atoms with Crippen LogP contribution in [0.4, 0.5) is 10.1 Å². The highest BCUT2D eigenvalue weighted by Crippen LogP contribution is 2.28. The summed E-state index contributed by atoms with van der Waals surface area (Å²) in [6.45, 7) is 3.10. The molecular formula is C14H17ClFN3O3. The summed E-state index contributed by atoms with van der Waals surface area (Å²) in [5.41, 5.74) is -0.437. The third-order valence-corrected chi connectivity index (χ3v) is 4.39. The van der Waals surface area contributed by atoms with Gasteiger partial charge in [-0.3, -0.25) is 14.9 Å². The van der Waals surface area contributed by atoms with Gasteiger partial charge in [0.05, 0.1) is 16.6 Å². The molecule has 120 valence electrons. The molecule has 2 saturated heterocycles. The Morgan fingerprint density at radius 3 is 2.77 bits per heavy atom. The monoisotopic (exact) mass is 329 g/mol. The van der Waals surface area contributed by atoms with Gasteiger partial charge in [0.15, 0.2) is 0 Å². The molecule has 2 fully saturated rings. The van der Waals surface area contributed by atoms with Crippen LogP contribution in [-0.4, -0.2) is 41.9 Å². The van der Waals surface area contributed by atoms with Crippen LogP contribution in [-0.2, 0) is 0 Å². The number of non-ortho nitro benzene ring substituents is 1. The summed E-state index contributed by atoms with van der Waals surface area (Å²) < 4.78 is 13.9. The minimum absolute atomic E-state index is 0. The predicted octanol–water partition coefficient (Wildman–Crippen LogP) is 1.84. The van der Waals surface area contributed by atoms with Crippen molar-refractivity contribution in [2.75, 3.05) is 26.2 Å². The molecule has 0 spiro atoms. The number of benzene rings is 1. The van der Waals surface area contributed by atoms with Gasteiger partial charge in [0.25, 0.3) is 11.6 Å². The molecule has 1 aromatic carbocycles. The van der Waals surface area contributed by atoms with E-state index >= 15 is 0 Å². The van der Waals surface area contributed by atoms with Crippen molar-refractivity contribution in [2.45, 2.75) is 6.42 Å². The Bertz CT molecular complexity index is 599. The summed E-state index contributed by atoms with van der Waals surface area (Å²) in [5.74, 6) is -0.201. The second-order valence-corrected chi connectivity index (χ2v) is 5.64. The summed E-state index contributed by atoms with van der Waals surface area (Å²) in [4.78, 5) is 24.0. The molecule has 2 atom stereocenters. The fourth-order valence-electron chi connectivity index (χ4n) is 3.18. The number of rotatable bonds is 2. The molecule has 0 radical (unpaired) electrons. The topological polar surface area (TPSA) is 75.5 Å². The highest BCUT2D eigenvalue weighted by Gasteiger charge is 2.35. The Morgan fingerprint density at radius 1 is 1.36 bits per heavy atom. The molecule has 3 rings (SSSR count).